The van der Waals surface area contributed by atoms with Gasteiger partial charge in [-0.25, -0.2) is 0 Å². The van der Waals surface area contributed by atoms with E-state index in [-0.39, 0.29) is 11.9 Å². The minimum atomic E-state index is -0.183. The van der Waals surface area contributed by atoms with Gasteiger partial charge in [-0.15, -0.1) is 0 Å². The summed E-state index contributed by atoms with van der Waals surface area (Å²) in [5.74, 6) is 0.764. The molecule has 0 saturated carbocycles. The standard InChI is InChI=1S/C12H22N2O3/c1-13-11-9-17-7-4-14(12(11)15)8-10-2-5-16-6-3-10/h10-11,13H,2-9H2,1H3. The summed E-state index contributed by atoms with van der Waals surface area (Å²) in [5.41, 5.74) is 0. The number of nitrogens with one attached hydrogen (secondary N) is 1. The molecule has 5 heteroatoms. The smallest absolute Gasteiger partial charge is 0.242 e. The van der Waals surface area contributed by atoms with Crippen LogP contribution in [0.2, 0.25) is 0 Å². The molecule has 2 aliphatic heterocycles. The maximum atomic E-state index is 12.2. The molecule has 2 aliphatic rings. The van der Waals surface area contributed by atoms with E-state index in [0.717, 1.165) is 32.6 Å². The van der Waals surface area contributed by atoms with Crippen molar-refractivity contribution in [3.05, 3.63) is 0 Å². The van der Waals surface area contributed by atoms with Crippen molar-refractivity contribution in [1.29, 1.82) is 0 Å². The van der Waals surface area contributed by atoms with Gasteiger partial charge in [0.2, 0.25) is 5.91 Å². The molecule has 0 aromatic rings. The molecule has 1 amide bonds. The number of amides is 1. The summed E-state index contributed by atoms with van der Waals surface area (Å²) in [4.78, 5) is 14.2. The molecule has 0 spiro atoms. The Morgan fingerprint density at radius 2 is 2.06 bits per heavy atom. The van der Waals surface area contributed by atoms with Gasteiger partial charge in [0.1, 0.15) is 6.04 Å². The lowest BCUT2D eigenvalue weighted by atomic mass is 9.99. The highest BCUT2D eigenvalue weighted by molar-refractivity contribution is 5.82. The SMILES string of the molecule is CNC1COCCN(CC2CCOCC2)C1=O. The van der Waals surface area contributed by atoms with Crippen molar-refractivity contribution in [2.24, 2.45) is 5.92 Å². The topological polar surface area (TPSA) is 50.8 Å². The Morgan fingerprint density at radius 1 is 1.29 bits per heavy atom. The van der Waals surface area contributed by atoms with E-state index in [0.29, 0.717) is 25.7 Å². The van der Waals surface area contributed by atoms with E-state index in [9.17, 15) is 4.79 Å². The van der Waals surface area contributed by atoms with E-state index in [1.807, 2.05) is 11.9 Å². The Morgan fingerprint density at radius 3 is 2.76 bits per heavy atom. The minimum Gasteiger partial charge on any atom is -0.381 e. The molecule has 0 aromatic heterocycles. The normalized spacial score (nSPS) is 28.2. The summed E-state index contributed by atoms with van der Waals surface area (Å²) < 4.78 is 10.8. The third kappa shape index (κ3) is 3.40. The molecule has 2 heterocycles. The van der Waals surface area contributed by atoms with E-state index >= 15 is 0 Å². The number of hydrogen-bond acceptors (Lipinski definition) is 4. The minimum absolute atomic E-state index is 0.177. The molecule has 1 atom stereocenters. The first-order valence-corrected chi connectivity index (χ1v) is 6.43. The van der Waals surface area contributed by atoms with Gasteiger partial charge < -0.3 is 19.7 Å². The lowest BCUT2D eigenvalue weighted by molar-refractivity contribution is -0.133. The van der Waals surface area contributed by atoms with Crippen LogP contribution in [0.4, 0.5) is 0 Å². The summed E-state index contributed by atoms with van der Waals surface area (Å²) in [6.07, 6.45) is 2.13. The van der Waals surface area contributed by atoms with Crippen LogP contribution >= 0.6 is 0 Å². The molecule has 1 N–H and O–H groups in total. The highest BCUT2D eigenvalue weighted by Gasteiger charge is 2.28. The quantitative estimate of drug-likeness (QED) is 0.748. The zero-order valence-electron chi connectivity index (χ0n) is 10.5. The number of carbonyl (C=O) groups is 1. The van der Waals surface area contributed by atoms with Gasteiger partial charge in [-0.05, 0) is 25.8 Å². The van der Waals surface area contributed by atoms with Gasteiger partial charge in [-0.3, -0.25) is 4.79 Å². The molecular weight excluding hydrogens is 220 g/mol. The molecule has 1 unspecified atom stereocenters. The van der Waals surface area contributed by atoms with Gasteiger partial charge in [0, 0.05) is 26.3 Å². The predicted octanol–water partition coefficient (Wildman–Crippen LogP) is -0.140. The first kappa shape index (κ1) is 12.8. The Labute approximate surface area is 102 Å². The molecule has 2 fully saturated rings. The molecule has 2 rings (SSSR count). The highest BCUT2D eigenvalue weighted by Crippen LogP contribution is 2.17. The van der Waals surface area contributed by atoms with Gasteiger partial charge in [-0.2, -0.15) is 0 Å². The number of rotatable bonds is 3. The zero-order chi connectivity index (χ0) is 12.1. The van der Waals surface area contributed by atoms with Crippen LogP contribution in [0.1, 0.15) is 12.8 Å². The first-order chi connectivity index (χ1) is 8.31. The number of hydrogen-bond donors (Lipinski definition) is 1. The average Bonchev–Trinajstić information content (AvgIpc) is 2.54. The first-order valence-electron chi connectivity index (χ1n) is 6.43. The Hall–Kier alpha value is -0.650. The van der Waals surface area contributed by atoms with Gasteiger partial charge in [0.25, 0.3) is 0 Å². The molecule has 0 radical (unpaired) electrons. The lowest BCUT2D eigenvalue weighted by Gasteiger charge is -2.30. The van der Waals surface area contributed by atoms with Crippen molar-refractivity contribution in [2.75, 3.05) is 46.6 Å². The lowest BCUT2D eigenvalue weighted by Crippen LogP contribution is -2.47. The largest absolute Gasteiger partial charge is 0.381 e. The number of nitrogens with zero attached hydrogens (tertiary/aromatic N) is 1. The van der Waals surface area contributed by atoms with E-state index < -0.39 is 0 Å². The molecule has 0 aromatic carbocycles. The molecular formula is C12H22N2O3. The fourth-order valence-electron chi connectivity index (χ4n) is 2.41. The fraction of sp³-hybridized carbons (Fsp3) is 0.917. The molecule has 98 valence electrons. The van der Waals surface area contributed by atoms with Crippen molar-refractivity contribution >= 4 is 5.91 Å². The predicted molar refractivity (Wildman–Crippen MR) is 63.8 cm³/mol. The van der Waals surface area contributed by atoms with Crippen LogP contribution in [0.15, 0.2) is 0 Å². The number of carbonyl (C=O) groups excluding carboxylic acids is 1. The molecule has 0 bridgehead atoms. The number of ether oxygens (including phenoxy) is 2. The summed E-state index contributed by atoms with van der Waals surface area (Å²) in [5, 5.41) is 3.02. The van der Waals surface area contributed by atoms with Crippen LogP contribution < -0.4 is 5.32 Å². The van der Waals surface area contributed by atoms with Crippen molar-refractivity contribution < 1.29 is 14.3 Å². The maximum absolute atomic E-state index is 12.2. The molecule has 2 saturated heterocycles. The second-order valence-electron chi connectivity index (χ2n) is 4.76. The van der Waals surface area contributed by atoms with Crippen LogP contribution in [-0.4, -0.2) is 63.4 Å². The third-order valence-corrected chi connectivity index (χ3v) is 3.57. The van der Waals surface area contributed by atoms with Crippen molar-refractivity contribution in [3.63, 3.8) is 0 Å². The summed E-state index contributed by atoms with van der Waals surface area (Å²) in [7, 11) is 1.81. The third-order valence-electron chi connectivity index (χ3n) is 3.57. The van der Waals surface area contributed by atoms with Crippen LogP contribution in [0.5, 0.6) is 0 Å². The van der Waals surface area contributed by atoms with E-state index in [1.54, 1.807) is 0 Å². The molecule has 5 nitrogen and oxygen atoms in total. The Bertz CT molecular complexity index is 254. The van der Waals surface area contributed by atoms with E-state index in [2.05, 4.69) is 5.32 Å². The fourth-order valence-corrected chi connectivity index (χ4v) is 2.41. The van der Waals surface area contributed by atoms with E-state index in [4.69, 9.17) is 9.47 Å². The second-order valence-corrected chi connectivity index (χ2v) is 4.76. The van der Waals surface area contributed by atoms with Crippen molar-refractivity contribution in [1.82, 2.24) is 10.2 Å². The monoisotopic (exact) mass is 242 g/mol. The zero-order valence-corrected chi connectivity index (χ0v) is 10.5. The van der Waals surface area contributed by atoms with Crippen LogP contribution in [0.3, 0.4) is 0 Å². The average molecular weight is 242 g/mol. The summed E-state index contributed by atoms with van der Waals surface area (Å²) >= 11 is 0. The Balaban J connectivity index is 1.90. The van der Waals surface area contributed by atoms with Gasteiger partial charge >= 0.3 is 0 Å². The molecule has 0 aliphatic carbocycles. The Kier molecular flexibility index (Phi) is 4.76. The highest BCUT2D eigenvalue weighted by atomic mass is 16.5. The summed E-state index contributed by atoms with van der Waals surface area (Å²) in [6, 6.07) is -0.183. The van der Waals surface area contributed by atoms with Gasteiger partial charge in [0.15, 0.2) is 0 Å². The van der Waals surface area contributed by atoms with Gasteiger partial charge in [0.05, 0.1) is 13.2 Å². The molecule has 17 heavy (non-hydrogen) atoms. The maximum Gasteiger partial charge on any atom is 0.242 e. The van der Waals surface area contributed by atoms with E-state index in [1.165, 1.54) is 0 Å². The van der Waals surface area contributed by atoms with Crippen molar-refractivity contribution in [3.8, 4) is 0 Å². The van der Waals surface area contributed by atoms with Gasteiger partial charge in [-0.1, -0.05) is 0 Å². The van der Waals surface area contributed by atoms with Crippen LogP contribution in [-0.2, 0) is 14.3 Å². The van der Waals surface area contributed by atoms with Crippen LogP contribution in [0, 0.1) is 5.92 Å². The summed E-state index contributed by atoms with van der Waals surface area (Å²) in [6.45, 7) is 4.36. The number of likely N-dealkylation sites (N-methyl/N-ethyl adjacent to an activating group) is 1. The second kappa shape index (κ2) is 6.33. The van der Waals surface area contributed by atoms with Crippen LogP contribution in [0.25, 0.3) is 0 Å². The van der Waals surface area contributed by atoms with Crippen molar-refractivity contribution in [2.45, 2.75) is 18.9 Å².